The number of benzene rings is 2. The highest BCUT2D eigenvalue weighted by molar-refractivity contribution is 6.32. The summed E-state index contributed by atoms with van der Waals surface area (Å²) < 4.78 is 10.6. The Morgan fingerprint density at radius 2 is 1.88 bits per heavy atom. The fourth-order valence-corrected chi connectivity index (χ4v) is 2.18. The number of halogens is 1. The quantitative estimate of drug-likeness (QED) is 0.741. The third-order valence-corrected chi connectivity index (χ3v) is 3.39. The van der Waals surface area contributed by atoms with Gasteiger partial charge >= 0.3 is 0 Å². The zero-order valence-electron chi connectivity index (χ0n) is 12.6. The number of carbonyl (C=O) groups is 1. The summed E-state index contributed by atoms with van der Waals surface area (Å²) in [7, 11) is 0. The van der Waals surface area contributed by atoms with Crippen molar-refractivity contribution >= 4 is 23.2 Å². The minimum Gasteiger partial charge on any atom is -0.482 e. The molecule has 1 N–H and O–H groups in total. The predicted molar refractivity (Wildman–Crippen MR) is 88.9 cm³/mol. The topological polar surface area (TPSA) is 77.2 Å². The lowest BCUT2D eigenvalue weighted by Gasteiger charge is -2.04. The molecule has 7 heteroatoms. The first-order chi connectivity index (χ1) is 11.7. The summed E-state index contributed by atoms with van der Waals surface area (Å²) >= 11 is 6.00. The molecule has 3 rings (SSSR count). The van der Waals surface area contributed by atoms with Crippen molar-refractivity contribution < 1.29 is 14.1 Å². The molecule has 0 aliphatic carbocycles. The van der Waals surface area contributed by atoms with Gasteiger partial charge in [-0.1, -0.05) is 47.1 Å². The number of hydrogen-bond acceptors (Lipinski definition) is 5. The van der Waals surface area contributed by atoms with Crippen LogP contribution in [0.25, 0.3) is 0 Å². The number of rotatable bonds is 6. The van der Waals surface area contributed by atoms with Crippen molar-refractivity contribution in [2.75, 3.05) is 5.32 Å². The summed E-state index contributed by atoms with van der Waals surface area (Å²) in [5.74, 6) is 0.875. The molecular weight excluding hydrogens is 330 g/mol. The smallest absolute Gasteiger partial charge is 0.264 e. The lowest BCUT2D eigenvalue weighted by Crippen LogP contribution is -2.15. The van der Waals surface area contributed by atoms with Gasteiger partial charge in [0.25, 0.3) is 5.89 Å². The van der Waals surface area contributed by atoms with Crippen LogP contribution < -0.4 is 10.1 Å². The maximum Gasteiger partial charge on any atom is 0.264 e. The van der Waals surface area contributed by atoms with Gasteiger partial charge in [-0.3, -0.25) is 4.79 Å². The van der Waals surface area contributed by atoms with Gasteiger partial charge in [-0.05, 0) is 24.3 Å². The Labute approximate surface area is 143 Å². The van der Waals surface area contributed by atoms with Crippen LogP contribution in [0.2, 0.25) is 5.02 Å². The molecule has 122 valence electrons. The molecule has 0 spiro atoms. The van der Waals surface area contributed by atoms with Gasteiger partial charge < -0.3 is 14.6 Å². The second kappa shape index (κ2) is 7.61. The number of carbonyl (C=O) groups excluding carboxylic acids is 1. The Morgan fingerprint density at radius 1 is 1.12 bits per heavy atom. The van der Waals surface area contributed by atoms with Crippen LogP contribution in [-0.4, -0.2) is 16.0 Å². The van der Waals surface area contributed by atoms with Crippen molar-refractivity contribution in [3.8, 4) is 5.75 Å². The largest absolute Gasteiger partial charge is 0.482 e. The third-order valence-electron chi connectivity index (χ3n) is 3.07. The summed E-state index contributed by atoms with van der Waals surface area (Å²) in [4.78, 5) is 16.1. The molecule has 0 unspecified atom stereocenters. The van der Waals surface area contributed by atoms with Crippen LogP contribution >= 0.6 is 11.6 Å². The molecule has 1 aromatic heterocycles. The van der Waals surface area contributed by atoms with Crippen molar-refractivity contribution in [2.24, 2.45) is 0 Å². The molecule has 24 heavy (non-hydrogen) atoms. The van der Waals surface area contributed by atoms with E-state index in [1.807, 2.05) is 30.3 Å². The monoisotopic (exact) mass is 343 g/mol. The van der Waals surface area contributed by atoms with Crippen LogP contribution in [0, 0.1) is 0 Å². The van der Waals surface area contributed by atoms with Crippen molar-refractivity contribution in [2.45, 2.75) is 13.0 Å². The molecule has 0 saturated heterocycles. The maximum absolute atomic E-state index is 11.9. The molecule has 0 saturated carbocycles. The van der Waals surface area contributed by atoms with E-state index in [1.54, 1.807) is 24.3 Å². The van der Waals surface area contributed by atoms with E-state index in [-0.39, 0.29) is 24.8 Å². The average Bonchev–Trinajstić information content (AvgIpc) is 3.02. The highest BCUT2D eigenvalue weighted by Gasteiger charge is 2.12. The molecule has 0 radical (unpaired) electrons. The first-order valence-corrected chi connectivity index (χ1v) is 7.62. The van der Waals surface area contributed by atoms with E-state index in [4.69, 9.17) is 20.9 Å². The predicted octanol–water partition coefficient (Wildman–Crippen LogP) is 3.48. The Morgan fingerprint density at radius 3 is 2.67 bits per heavy atom. The summed E-state index contributed by atoms with van der Waals surface area (Å²) in [5.41, 5.74) is 0.716. The Bertz CT molecular complexity index is 821. The second-order valence-electron chi connectivity index (χ2n) is 4.91. The van der Waals surface area contributed by atoms with Gasteiger partial charge in [0, 0.05) is 5.69 Å². The molecule has 0 bridgehead atoms. The molecule has 0 aliphatic heterocycles. The highest BCUT2D eigenvalue weighted by atomic mass is 35.5. The van der Waals surface area contributed by atoms with E-state index in [1.165, 1.54) is 0 Å². The van der Waals surface area contributed by atoms with Crippen molar-refractivity contribution in [1.29, 1.82) is 0 Å². The summed E-state index contributed by atoms with van der Waals surface area (Å²) in [6.45, 7) is 0.0804. The highest BCUT2D eigenvalue weighted by Crippen LogP contribution is 2.23. The Balaban J connectivity index is 1.54. The van der Waals surface area contributed by atoms with Crippen LogP contribution in [0.15, 0.2) is 59.1 Å². The van der Waals surface area contributed by atoms with E-state index >= 15 is 0 Å². The number of amides is 1. The summed E-state index contributed by atoms with van der Waals surface area (Å²) in [5, 5.41) is 7.03. The zero-order valence-corrected chi connectivity index (χ0v) is 13.4. The van der Waals surface area contributed by atoms with Crippen LogP contribution in [0.3, 0.4) is 0 Å². The normalized spacial score (nSPS) is 10.4. The Kier molecular flexibility index (Phi) is 5.08. The Hall–Kier alpha value is -2.86. The van der Waals surface area contributed by atoms with Crippen LogP contribution in [-0.2, 0) is 17.8 Å². The lowest BCUT2D eigenvalue weighted by molar-refractivity contribution is -0.115. The lowest BCUT2D eigenvalue weighted by atomic mass is 10.3. The summed E-state index contributed by atoms with van der Waals surface area (Å²) in [6, 6.07) is 16.3. The van der Waals surface area contributed by atoms with E-state index in [2.05, 4.69) is 15.5 Å². The number of nitrogens with one attached hydrogen (secondary N) is 1. The fraction of sp³-hybridized carbons (Fsp3) is 0.118. The molecule has 3 aromatic rings. The van der Waals surface area contributed by atoms with E-state index < -0.39 is 0 Å². The fourth-order valence-electron chi connectivity index (χ4n) is 1.99. The standard InChI is InChI=1S/C17H14ClN3O3/c18-13-8-4-5-9-14(13)23-11-17-20-15(21-24-17)10-16(22)19-12-6-2-1-3-7-12/h1-9H,10-11H2,(H,19,22). The molecule has 0 atom stereocenters. The molecule has 0 aliphatic rings. The van der Waals surface area contributed by atoms with Crippen LogP contribution in [0.1, 0.15) is 11.7 Å². The van der Waals surface area contributed by atoms with Gasteiger partial charge in [0.05, 0.1) is 11.4 Å². The number of ether oxygens (including phenoxy) is 1. The first kappa shape index (κ1) is 16.0. The van der Waals surface area contributed by atoms with Gasteiger partial charge in [0.2, 0.25) is 5.91 Å². The van der Waals surface area contributed by atoms with Crippen molar-refractivity contribution in [3.63, 3.8) is 0 Å². The zero-order chi connectivity index (χ0) is 16.8. The minimum absolute atomic E-state index is 0.0183. The molecule has 1 amide bonds. The van der Waals surface area contributed by atoms with E-state index in [9.17, 15) is 4.79 Å². The minimum atomic E-state index is -0.222. The molecular formula is C17H14ClN3O3. The van der Waals surface area contributed by atoms with E-state index in [0.717, 1.165) is 0 Å². The second-order valence-corrected chi connectivity index (χ2v) is 5.32. The molecule has 0 fully saturated rings. The number of hydrogen-bond donors (Lipinski definition) is 1. The van der Waals surface area contributed by atoms with E-state index in [0.29, 0.717) is 22.3 Å². The molecule has 2 aromatic carbocycles. The van der Waals surface area contributed by atoms with Crippen molar-refractivity contribution in [1.82, 2.24) is 10.1 Å². The number of aromatic nitrogens is 2. The number of nitrogens with zero attached hydrogens (tertiary/aromatic N) is 2. The van der Waals surface area contributed by atoms with Gasteiger partial charge in [0.1, 0.15) is 5.75 Å². The SMILES string of the molecule is O=C(Cc1noc(COc2ccccc2Cl)n1)Nc1ccccc1. The summed E-state index contributed by atoms with van der Waals surface area (Å²) in [6.07, 6.45) is 0.0183. The first-order valence-electron chi connectivity index (χ1n) is 7.24. The van der Waals surface area contributed by atoms with Gasteiger partial charge in [-0.15, -0.1) is 0 Å². The molecule has 6 nitrogen and oxygen atoms in total. The van der Waals surface area contributed by atoms with Crippen LogP contribution in [0.5, 0.6) is 5.75 Å². The molecule has 1 heterocycles. The van der Waals surface area contributed by atoms with Crippen molar-refractivity contribution in [3.05, 3.63) is 71.3 Å². The number of para-hydroxylation sites is 2. The average molecular weight is 344 g/mol. The maximum atomic E-state index is 11.9. The van der Waals surface area contributed by atoms with Crippen LogP contribution in [0.4, 0.5) is 5.69 Å². The van der Waals surface area contributed by atoms with Gasteiger partial charge in [-0.2, -0.15) is 4.98 Å². The number of anilines is 1. The third kappa shape index (κ3) is 4.33. The van der Waals surface area contributed by atoms with Gasteiger partial charge in [-0.25, -0.2) is 0 Å². The van der Waals surface area contributed by atoms with Gasteiger partial charge in [0.15, 0.2) is 12.4 Å².